The molecule has 0 radical (unpaired) electrons. The van der Waals surface area contributed by atoms with Crippen LogP contribution < -0.4 is 10.1 Å². The van der Waals surface area contributed by atoms with Crippen LogP contribution in [0.4, 0.5) is 4.39 Å². The van der Waals surface area contributed by atoms with E-state index in [0.29, 0.717) is 12.1 Å². The summed E-state index contributed by atoms with van der Waals surface area (Å²) in [4.78, 5) is 0. The minimum Gasteiger partial charge on any atom is -0.488 e. The molecular weight excluding hydrogens is 329 g/mol. The second-order valence-electron chi connectivity index (χ2n) is 6.31. The van der Waals surface area contributed by atoms with Gasteiger partial charge in [0, 0.05) is 23.7 Å². The molecule has 136 valence electrons. The lowest BCUT2D eigenvalue weighted by Crippen LogP contribution is -2.31. The Balaban J connectivity index is 1.88. The molecule has 3 aromatic carbocycles. The summed E-state index contributed by atoms with van der Waals surface area (Å²) >= 11 is 0. The molecule has 3 rings (SSSR count). The van der Waals surface area contributed by atoms with Gasteiger partial charge in [0.05, 0.1) is 6.61 Å². The van der Waals surface area contributed by atoms with Crippen molar-refractivity contribution >= 4 is 10.8 Å². The molecular formula is C22H24FNO2. The number of aliphatic hydroxyl groups excluding tert-OH is 1. The standard InChI is InChI=1S/C22H24FNO2/c1-2-18(14-25)24-13-20-19-9-5-3-7-16(19)11-12-22(20)26-15-17-8-4-6-10-21(17)23/h3-12,18,24-25H,2,13-15H2,1H3. The molecule has 26 heavy (non-hydrogen) atoms. The Labute approximate surface area is 153 Å². The molecule has 0 aliphatic carbocycles. The van der Waals surface area contributed by atoms with Gasteiger partial charge in [-0.15, -0.1) is 0 Å². The van der Waals surface area contributed by atoms with E-state index < -0.39 is 0 Å². The zero-order chi connectivity index (χ0) is 18.4. The lowest BCUT2D eigenvalue weighted by atomic mass is 10.0. The minimum absolute atomic E-state index is 0.0355. The third-order valence-corrected chi connectivity index (χ3v) is 4.62. The monoisotopic (exact) mass is 353 g/mol. The van der Waals surface area contributed by atoms with Crippen LogP contribution in [0.3, 0.4) is 0 Å². The van der Waals surface area contributed by atoms with Crippen LogP contribution in [0.1, 0.15) is 24.5 Å². The maximum Gasteiger partial charge on any atom is 0.129 e. The van der Waals surface area contributed by atoms with Gasteiger partial charge in [-0.3, -0.25) is 0 Å². The fourth-order valence-corrected chi connectivity index (χ4v) is 2.99. The zero-order valence-corrected chi connectivity index (χ0v) is 14.9. The fraction of sp³-hybridized carbons (Fsp3) is 0.273. The molecule has 0 aliphatic heterocycles. The predicted molar refractivity (Wildman–Crippen MR) is 103 cm³/mol. The highest BCUT2D eigenvalue weighted by Crippen LogP contribution is 2.29. The Bertz CT molecular complexity index is 862. The van der Waals surface area contributed by atoms with Gasteiger partial charge < -0.3 is 15.2 Å². The Morgan fingerprint density at radius 1 is 1.04 bits per heavy atom. The molecule has 0 saturated heterocycles. The van der Waals surface area contributed by atoms with Gasteiger partial charge in [0.2, 0.25) is 0 Å². The summed E-state index contributed by atoms with van der Waals surface area (Å²) in [5.41, 5.74) is 1.55. The summed E-state index contributed by atoms with van der Waals surface area (Å²) in [6.45, 7) is 2.88. The second-order valence-corrected chi connectivity index (χ2v) is 6.31. The molecule has 0 saturated carbocycles. The third kappa shape index (κ3) is 4.21. The van der Waals surface area contributed by atoms with Crippen LogP contribution >= 0.6 is 0 Å². The topological polar surface area (TPSA) is 41.5 Å². The number of fused-ring (bicyclic) bond motifs is 1. The molecule has 3 nitrogen and oxygen atoms in total. The average Bonchev–Trinajstić information content (AvgIpc) is 2.68. The summed E-state index contributed by atoms with van der Waals surface area (Å²) in [5.74, 6) is 0.464. The van der Waals surface area contributed by atoms with Crippen molar-refractivity contribution in [2.75, 3.05) is 6.61 Å². The van der Waals surface area contributed by atoms with Gasteiger partial charge >= 0.3 is 0 Å². The number of rotatable bonds is 8. The van der Waals surface area contributed by atoms with Gasteiger partial charge in [-0.1, -0.05) is 55.5 Å². The van der Waals surface area contributed by atoms with Gasteiger partial charge in [-0.25, -0.2) is 4.39 Å². The smallest absolute Gasteiger partial charge is 0.129 e. The molecule has 0 fully saturated rings. The molecule has 0 bridgehead atoms. The van der Waals surface area contributed by atoms with Crippen molar-refractivity contribution in [2.24, 2.45) is 0 Å². The number of ether oxygens (including phenoxy) is 1. The zero-order valence-electron chi connectivity index (χ0n) is 14.9. The molecule has 1 atom stereocenters. The van der Waals surface area contributed by atoms with Crippen LogP contribution in [-0.4, -0.2) is 17.8 Å². The van der Waals surface area contributed by atoms with Crippen LogP contribution in [0.2, 0.25) is 0 Å². The highest BCUT2D eigenvalue weighted by Gasteiger charge is 2.12. The normalized spacial score (nSPS) is 12.3. The van der Waals surface area contributed by atoms with Crippen LogP contribution in [0.25, 0.3) is 10.8 Å². The minimum atomic E-state index is -0.265. The Kier molecular flexibility index (Phi) is 6.21. The lowest BCUT2D eigenvalue weighted by molar-refractivity contribution is 0.237. The highest BCUT2D eigenvalue weighted by molar-refractivity contribution is 5.87. The van der Waals surface area contributed by atoms with E-state index in [2.05, 4.69) is 17.4 Å². The van der Waals surface area contributed by atoms with E-state index in [9.17, 15) is 9.50 Å². The first-order valence-corrected chi connectivity index (χ1v) is 8.94. The largest absolute Gasteiger partial charge is 0.488 e. The van der Waals surface area contributed by atoms with Crippen LogP contribution in [0.15, 0.2) is 60.7 Å². The van der Waals surface area contributed by atoms with Crippen LogP contribution in [0.5, 0.6) is 5.75 Å². The van der Waals surface area contributed by atoms with E-state index in [0.717, 1.165) is 28.5 Å². The van der Waals surface area contributed by atoms with Gasteiger partial charge in [-0.2, -0.15) is 0 Å². The Morgan fingerprint density at radius 3 is 2.58 bits per heavy atom. The summed E-state index contributed by atoms with van der Waals surface area (Å²) < 4.78 is 19.8. The molecule has 0 amide bonds. The summed E-state index contributed by atoms with van der Waals surface area (Å²) in [6.07, 6.45) is 0.840. The highest BCUT2D eigenvalue weighted by atomic mass is 19.1. The van der Waals surface area contributed by atoms with E-state index in [1.165, 1.54) is 6.07 Å². The van der Waals surface area contributed by atoms with E-state index in [1.54, 1.807) is 18.2 Å². The molecule has 3 aromatic rings. The Hall–Kier alpha value is -2.43. The summed E-state index contributed by atoms with van der Waals surface area (Å²) in [6, 6.07) is 18.7. The van der Waals surface area contributed by atoms with Gasteiger partial charge in [-0.05, 0) is 29.3 Å². The molecule has 4 heteroatoms. The third-order valence-electron chi connectivity index (χ3n) is 4.62. The number of nitrogens with one attached hydrogen (secondary N) is 1. The molecule has 0 aliphatic rings. The molecule has 1 unspecified atom stereocenters. The van der Waals surface area contributed by atoms with Crippen molar-refractivity contribution in [1.82, 2.24) is 5.32 Å². The van der Waals surface area contributed by atoms with E-state index in [4.69, 9.17) is 4.74 Å². The van der Waals surface area contributed by atoms with Crippen LogP contribution in [0, 0.1) is 5.82 Å². The predicted octanol–water partition coefficient (Wildman–Crippen LogP) is 4.42. The molecule has 0 heterocycles. The molecule has 2 N–H and O–H groups in total. The maximum atomic E-state index is 13.9. The van der Waals surface area contributed by atoms with Crippen molar-refractivity contribution in [3.8, 4) is 5.75 Å². The summed E-state index contributed by atoms with van der Waals surface area (Å²) in [5, 5.41) is 15.0. The molecule has 0 aromatic heterocycles. The second kappa shape index (κ2) is 8.79. The van der Waals surface area contributed by atoms with Gasteiger partial charge in [0.1, 0.15) is 18.2 Å². The van der Waals surface area contributed by atoms with Gasteiger partial charge in [0.15, 0.2) is 0 Å². The van der Waals surface area contributed by atoms with Crippen LogP contribution in [-0.2, 0) is 13.2 Å². The van der Waals surface area contributed by atoms with E-state index in [1.807, 2.05) is 31.2 Å². The van der Waals surface area contributed by atoms with Crippen molar-refractivity contribution in [2.45, 2.75) is 32.5 Å². The van der Waals surface area contributed by atoms with Crippen molar-refractivity contribution in [1.29, 1.82) is 0 Å². The number of halogens is 1. The first-order valence-electron chi connectivity index (χ1n) is 8.94. The average molecular weight is 353 g/mol. The van der Waals surface area contributed by atoms with E-state index in [-0.39, 0.29) is 25.1 Å². The van der Waals surface area contributed by atoms with Crippen molar-refractivity contribution in [3.05, 3.63) is 77.6 Å². The number of benzene rings is 3. The number of hydrogen-bond donors (Lipinski definition) is 2. The number of hydrogen-bond acceptors (Lipinski definition) is 3. The first kappa shape index (κ1) is 18.4. The van der Waals surface area contributed by atoms with Crippen molar-refractivity contribution < 1.29 is 14.2 Å². The number of aliphatic hydroxyl groups is 1. The Morgan fingerprint density at radius 2 is 1.81 bits per heavy atom. The first-order chi connectivity index (χ1) is 12.7. The molecule has 0 spiro atoms. The fourth-order valence-electron chi connectivity index (χ4n) is 2.99. The van der Waals surface area contributed by atoms with Crippen molar-refractivity contribution in [3.63, 3.8) is 0 Å². The SMILES string of the molecule is CCC(CO)NCc1c(OCc2ccccc2F)ccc2ccccc12. The van der Waals surface area contributed by atoms with E-state index >= 15 is 0 Å². The van der Waals surface area contributed by atoms with Gasteiger partial charge in [0.25, 0.3) is 0 Å². The maximum absolute atomic E-state index is 13.9. The quantitative estimate of drug-likeness (QED) is 0.630. The lowest BCUT2D eigenvalue weighted by Gasteiger charge is -2.18. The summed E-state index contributed by atoms with van der Waals surface area (Å²) in [7, 11) is 0.